The van der Waals surface area contributed by atoms with Crippen LogP contribution in [0.5, 0.6) is 0 Å². The lowest BCUT2D eigenvalue weighted by Gasteiger charge is -2.05. The molecular weight excluding hydrogens is 295 g/mol. The lowest BCUT2D eigenvalue weighted by Crippen LogP contribution is -2.10. The highest BCUT2D eigenvalue weighted by Crippen LogP contribution is 2.22. The van der Waals surface area contributed by atoms with E-state index in [0.29, 0.717) is 22.9 Å². The van der Waals surface area contributed by atoms with E-state index < -0.39 is 0 Å². The van der Waals surface area contributed by atoms with Gasteiger partial charge in [0, 0.05) is 35.6 Å². The number of Topliss-reactive ketones (excluding diaryl/α,β-unsaturated/α-hetero) is 1. The van der Waals surface area contributed by atoms with Crippen LogP contribution < -0.4 is 0 Å². The van der Waals surface area contributed by atoms with Gasteiger partial charge in [0.2, 0.25) is 0 Å². The number of aryl methyl sites for hydroxylation is 2. The molecule has 0 amide bonds. The molecule has 5 heteroatoms. The van der Waals surface area contributed by atoms with Crippen molar-refractivity contribution in [1.29, 1.82) is 0 Å². The molecule has 0 saturated carbocycles. The minimum atomic E-state index is 0.111. The number of carbonyl (C=O) groups is 1. The molecule has 20 heavy (non-hydrogen) atoms. The molecule has 0 aliphatic heterocycles. The maximum atomic E-state index is 12.1. The van der Waals surface area contributed by atoms with Crippen LogP contribution in [-0.4, -0.2) is 15.6 Å². The Labute approximate surface area is 128 Å². The minimum Gasteiger partial charge on any atom is -0.299 e. The molecule has 106 valence electrons. The van der Waals surface area contributed by atoms with Gasteiger partial charge in [-0.1, -0.05) is 36.2 Å². The van der Waals surface area contributed by atoms with Gasteiger partial charge < -0.3 is 0 Å². The van der Waals surface area contributed by atoms with E-state index in [4.69, 9.17) is 23.2 Å². The lowest BCUT2D eigenvalue weighted by atomic mass is 10.1. The monoisotopic (exact) mass is 310 g/mol. The summed E-state index contributed by atoms with van der Waals surface area (Å²) < 4.78 is 1.76. The van der Waals surface area contributed by atoms with E-state index in [0.717, 1.165) is 23.4 Å². The summed E-state index contributed by atoms with van der Waals surface area (Å²) in [5, 5.41) is 5.45. The van der Waals surface area contributed by atoms with Crippen molar-refractivity contribution < 1.29 is 4.79 Å². The first-order chi connectivity index (χ1) is 9.49. The van der Waals surface area contributed by atoms with Crippen LogP contribution in [0.3, 0.4) is 0 Å². The molecule has 0 radical (unpaired) electrons. The van der Waals surface area contributed by atoms with Gasteiger partial charge in [-0.3, -0.25) is 9.48 Å². The van der Waals surface area contributed by atoms with E-state index in [1.807, 2.05) is 20.0 Å². The molecule has 0 saturated heterocycles. The number of carbonyl (C=O) groups excluding carboxylic acids is 1. The van der Waals surface area contributed by atoms with Crippen LogP contribution in [0.2, 0.25) is 10.0 Å². The van der Waals surface area contributed by atoms with E-state index >= 15 is 0 Å². The van der Waals surface area contributed by atoms with Crippen LogP contribution in [-0.2, 0) is 31.1 Å². The zero-order valence-electron chi connectivity index (χ0n) is 11.5. The lowest BCUT2D eigenvalue weighted by molar-refractivity contribution is -0.117. The second kappa shape index (κ2) is 6.42. The van der Waals surface area contributed by atoms with Gasteiger partial charge in [-0.05, 0) is 30.2 Å². The van der Waals surface area contributed by atoms with Crippen LogP contribution >= 0.6 is 23.2 Å². The maximum Gasteiger partial charge on any atom is 0.143 e. The van der Waals surface area contributed by atoms with Crippen molar-refractivity contribution in [3.05, 3.63) is 51.3 Å². The highest BCUT2D eigenvalue weighted by Gasteiger charge is 2.12. The third-order valence-electron chi connectivity index (χ3n) is 3.17. The highest BCUT2D eigenvalue weighted by atomic mass is 35.5. The van der Waals surface area contributed by atoms with Crippen molar-refractivity contribution in [1.82, 2.24) is 9.78 Å². The Bertz CT molecular complexity index is 635. The number of nitrogens with zero attached hydrogens (tertiary/aromatic N) is 2. The van der Waals surface area contributed by atoms with Crippen LogP contribution in [0.4, 0.5) is 0 Å². The second-order valence-electron chi connectivity index (χ2n) is 4.73. The number of hydrogen-bond donors (Lipinski definition) is 0. The number of hydrogen-bond acceptors (Lipinski definition) is 2. The fourth-order valence-corrected chi connectivity index (χ4v) is 2.53. The van der Waals surface area contributed by atoms with Gasteiger partial charge in [-0.15, -0.1) is 0 Å². The molecule has 2 rings (SSSR count). The second-order valence-corrected chi connectivity index (χ2v) is 5.58. The Morgan fingerprint density at radius 1 is 1.25 bits per heavy atom. The average molecular weight is 311 g/mol. The van der Waals surface area contributed by atoms with Gasteiger partial charge in [-0.2, -0.15) is 5.10 Å². The molecular formula is C15H16Cl2N2O. The van der Waals surface area contributed by atoms with Crippen molar-refractivity contribution in [2.45, 2.75) is 26.2 Å². The highest BCUT2D eigenvalue weighted by molar-refractivity contribution is 6.35. The normalized spacial score (nSPS) is 10.8. The summed E-state index contributed by atoms with van der Waals surface area (Å²) in [7, 11) is 1.86. The standard InChI is InChI=1S/C15H16Cl2N2O/c1-3-12-8-13(19(2)18-12)9-14(20)6-10-4-5-11(16)7-15(10)17/h4-5,7-8H,3,6,9H2,1-2H3. The first kappa shape index (κ1) is 15.1. The molecule has 1 heterocycles. The van der Waals surface area contributed by atoms with Gasteiger partial charge in [0.05, 0.1) is 5.69 Å². The molecule has 1 aromatic carbocycles. The largest absolute Gasteiger partial charge is 0.299 e. The number of benzene rings is 1. The van der Waals surface area contributed by atoms with Gasteiger partial charge in [0.1, 0.15) is 5.78 Å². The summed E-state index contributed by atoms with van der Waals surface area (Å²) in [6, 6.07) is 7.17. The SMILES string of the molecule is CCc1cc(CC(=O)Cc2ccc(Cl)cc2Cl)n(C)n1. The summed E-state index contributed by atoms with van der Waals surface area (Å²) in [5.41, 5.74) is 2.73. The Kier molecular flexibility index (Phi) is 4.84. The summed E-state index contributed by atoms with van der Waals surface area (Å²) in [5.74, 6) is 0.111. The average Bonchev–Trinajstić information content (AvgIpc) is 2.74. The van der Waals surface area contributed by atoms with Gasteiger partial charge in [0.25, 0.3) is 0 Å². The molecule has 2 aromatic rings. The van der Waals surface area contributed by atoms with E-state index in [2.05, 4.69) is 5.10 Å². The predicted molar refractivity (Wildman–Crippen MR) is 81.5 cm³/mol. The van der Waals surface area contributed by atoms with Crippen LogP contribution in [0.25, 0.3) is 0 Å². The number of halogens is 2. The molecule has 0 spiro atoms. The van der Waals surface area contributed by atoms with Gasteiger partial charge >= 0.3 is 0 Å². The Balaban J connectivity index is 2.06. The minimum absolute atomic E-state index is 0.111. The Morgan fingerprint density at radius 3 is 2.60 bits per heavy atom. The van der Waals surface area contributed by atoms with E-state index in [9.17, 15) is 4.79 Å². The summed E-state index contributed by atoms with van der Waals surface area (Å²) in [6.07, 6.45) is 1.54. The molecule has 0 atom stereocenters. The third kappa shape index (κ3) is 3.62. The van der Waals surface area contributed by atoms with Crippen molar-refractivity contribution in [2.24, 2.45) is 7.05 Å². The van der Waals surface area contributed by atoms with Crippen molar-refractivity contribution >= 4 is 29.0 Å². The molecule has 0 fully saturated rings. The van der Waals surface area contributed by atoms with Crippen molar-refractivity contribution in [3.8, 4) is 0 Å². The first-order valence-corrected chi connectivity index (χ1v) is 7.22. The molecule has 1 aromatic heterocycles. The zero-order valence-corrected chi connectivity index (χ0v) is 13.0. The number of rotatable bonds is 5. The molecule has 0 aliphatic carbocycles. The topological polar surface area (TPSA) is 34.9 Å². The molecule has 0 N–H and O–H groups in total. The third-order valence-corrected chi connectivity index (χ3v) is 3.76. The van der Waals surface area contributed by atoms with E-state index in [-0.39, 0.29) is 5.78 Å². The van der Waals surface area contributed by atoms with Gasteiger partial charge in [-0.25, -0.2) is 0 Å². The summed E-state index contributed by atoms with van der Waals surface area (Å²) in [6.45, 7) is 2.04. The van der Waals surface area contributed by atoms with E-state index in [1.165, 1.54) is 0 Å². The molecule has 3 nitrogen and oxygen atoms in total. The zero-order chi connectivity index (χ0) is 14.7. The fourth-order valence-electron chi connectivity index (χ4n) is 2.05. The quantitative estimate of drug-likeness (QED) is 0.845. The molecule has 0 bridgehead atoms. The Hall–Kier alpha value is -1.32. The van der Waals surface area contributed by atoms with Crippen molar-refractivity contribution in [2.75, 3.05) is 0 Å². The summed E-state index contributed by atoms with van der Waals surface area (Å²) >= 11 is 11.9. The fraction of sp³-hybridized carbons (Fsp3) is 0.333. The smallest absolute Gasteiger partial charge is 0.143 e. The van der Waals surface area contributed by atoms with Gasteiger partial charge in [0.15, 0.2) is 0 Å². The van der Waals surface area contributed by atoms with Crippen molar-refractivity contribution in [3.63, 3.8) is 0 Å². The maximum absolute atomic E-state index is 12.1. The van der Waals surface area contributed by atoms with Crippen LogP contribution in [0, 0.1) is 0 Å². The summed E-state index contributed by atoms with van der Waals surface area (Å²) in [4.78, 5) is 12.1. The molecule has 0 aliphatic rings. The number of ketones is 1. The first-order valence-electron chi connectivity index (χ1n) is 6.47. The Morgan fingerprint density at radius 2 is 2.00 bits per heavy atom. The predicted octanol–water partition coefficient (Wildman–Crippen LogP) is 3.64. The van der Waals surface area contributed by atoms with E-state index in [1.54, 1.807) is 22.9 Å². The van der Waals surface area contributed by atoms with Crippen LogP contribution in [0.1, 0.15) is 23.9 Å². The molecule has 0 unspecified atom stereocenters. The number of aromatic nitrogens is 2. The van der Waals surface area contributed by atoms with Crippen LogP contribution in [0.15, 0.2) is 24.3 Å².